The van der Waals surface area contributed by atoms with E-state index in [0.29, 0.717) is 5.92 Å². The van der Waals surface area contributed by atoms with Crippen LogP contribution in [0.3, 0.4) is 0 Å². The van der Waals surface area contributed by atoms with Crippen LogP contribution in [-0.2, 0) is 0 Å². The van der Waals surface area contributed by atoms with Gasteiger partial charge in [0.1, 0.15) is 0 Å². The van der Waals surface area contributed by atoms with Crippen molar-refractivity contribution in [1.29, 1.82) is 0 Å². The van der Waals surface area contributed by atoms with Crippen molar-refractivity contribution < 1.29 is 5.11 Å². The maximum Gasteiger partial charge on any atom is 0.0574 e. The molecule has 0 aromatic carbocycles. The van der Waals surface area contributed by atoms with Crippen molar-refractivity contribution >= 4 is 0 Å². The third-order valence-electron chi connectivity index (χ3n) is 3.13. The molecule has 1 saturated carbocycles. The third-order valence-corrected chi connectivity index (χ3v) is 3.13. The summed E-state index contributed by atoms with van der Waals surface area (Å²) in [6, 6.07) is 0. The van der Waals surface area contributed by atoms with Crippen molar-refractivity contribution in [2.75, 3.05) is 0 Å². The smallest absolute Gasteiger partial charge is 0.0574 e. The van der Waals surface area contributed by atoms with Gasteiger partial charge in [0.2, 0.25) is 0 Å². The highest BCUT2D eigenvalue weighted by Gasteiger charge is 2.28. The van der Waals surface area contributed by atoms with E-state index in [4.69, 9.17) is 0 Å². The number of allylic oxidation sites excluding steroid dienone is 2. The number of aliphatic hydroxyl groups is 1. The van der Waals surface area contributed by atoms with Crippen LogP contribution in [0.25, 0.3) is 0 Å². The lowest BCUT2D eigenvalue weighted by molar-refractivity contribution is 0.0881. The fourth-order valence-corrected chi connectivity index (χ4v) is 2.05. The quantitative estimate of drug-likeness (QED) is 0.639. The fourth-order valence-electron chi connectivity index (χ4n) is 2.05. The Hall–Kier alpha value is -0.300. The second-order valence-corrected chi connectivity index (χ2v) is 4.29. The molecule has 2 rings (SSSR count). The molecule has 0 saturated heterocycles. The summed E-state index contributed by atoms with van der Waals surface area (Å²) in [7, 11) is 0. The van der Waals surface area contributed by atoms with Gasteiger partial charge in [-0.25, -0.2) is 0 Å². The first-order valence-electron chi connectivity index (χ1n) is 5.19. The van der Waals surface area contributed by atoms with E-state index in [1.165, 1.54) is 25.7 Å². The largest absolute Gasteiger partial charge is 0.393 e. The molecule has 1 nitrogen and oxygen atoms in total. The highest BCUT2D eigenvalue weighted by molar-refractivity contribution is 4.93. The van der Waals surface area contributed by atoms with E-state index in [0.717, 1.165) is 18.8 Å². The minimum atomic E-state index is -0.0116. The van der Waals surface area contributed by atoms with E-state index in [2.05, 4.69) is 12.2 Å². The van der Waals surface area contributed by atoms with Crippen molar-refractivity contribution in [2.24, 2.45) is 11.8 Å². The average molecular weight is 166 g/mol. The SMILES string of the molecule is OC(CC1CC1)C1CC=CCC1. The minimum Gasteiger partial charge on any atom is -0.393 e. The molecule has 0 aromatic heterocycles. The summed E-state index contributed by atoms with van der Waals surface area (Å²) in [6.07, 6.45) is 11.7. The van der Waals surface area contributed by atoms with Crippen LogP contribution < -0.4 is 0 Å². The molecule has 2 unspecified atom stereocenters. The lowest BCUT2D eigenvalue weighted by atomic mass is 9.87. The van der Waals surface area contributed by atoms with Gasteiger partial charge in [-0.05, 0) is 37.5 Å². The summed E-state index contributed by atoms with van der Waals surface area (Å²) in [5.41, 5.74) is 0. The Morgan fingerprint density at radius 2 is 2.08 bits per heavy atom. The molecule has 0 heterocycles. The molecule has 1 N–H and O–H groups in total. The first-order valence-corrected chi connectivity index (χ1v) is 5.19. The van der Waals surface area contributed by atoms with Crippen LogP contribution in [0.1, 0.15) is 38.5 Å². The maximum atomic E-state index is 9.85. The van der Waals surface area contributed by atoms with Crippen LogP contribution in [0.2, 0.25) is 0 Å². The molecular weight excluding hydrogens is 148 g/mol. The van der Waals surface area contributed by atoms with Gasteiger partial charge in [-0.2, -0.15) is 0 Å². The average Bonchev–Trinajstić information content (AvgIpc) is 2.90. The zero-order valence-electron chi connectivity index (χ0n) is 7.58. The fraction of sp³-hybridized carbons (Fsp3) is 0.818. The predicted molar refractivity (Wildman–Crippen MR) is 49.8 cm³/mol. The monoisotopic (exact) mass is 166 g/mol. The van der Waals surface area contributed by atoms with E-state index in [-0.39, 0.29) is 6.10 Å². The van der Waals surface area contributed by atoms with Crippen LogP contribution in [0.15, 0.2) is 12.2 Å². The molecule has 0 bridgehead atoms. The van der Waals surface area contributed by atoms with E-state index in [9.17, 15) is 5.11 Å². The highest BCUT2D eigenvalue weighted by Crippen LogP contribution is 2.36. The van der Waals surface area contributed by atoms with Gasteiger partial charge in [0.15, 0.2) is 0 Å². The van der Waals surface area contributed by atoms with E-state index >= 15 is 0 Å². The summed E-state index contributed by atoms with van der Waals surface area (Å²) < 4.78 is 0. The molecule has 1 heteroatoms. The van der Waals surface area contributed by atoms with Gasteiger partial charge >= 0.3 is 0 Å². The first-order chi connectivity index (χ1) is 5.86. The van der Waals surface area contributed by atoms with Gasteiger partial charge < -0.3 is 5.11 Å². The number of aliphatic hydroxyl groups excluding tert-OH is 1. The Labute approximate surface area is 74.5 Å². The first kappa shape index (κ1) is 8.31. The van der Waals surface area contributed by atoms with Crippen molar-refractivity contribution in [1.82, 2.24) is 0 Å². The van der Waals surface area contributed by atoms with E-state index < -0.39 is 0 Å². The molecular formula is C11H18O. The van der Waals surface area contributed by atoms with E-state index in [1.54, 1.807) is 0 Å². The second-order valence-electron chi connectivity index (χ2n) is 4.29. The highest BCUT2D eigenvalue weighted by atomic mass is 16.3. The van der Waals surface area contributed by atoms with E-state index in [1.807, 2.05) is 0 Å². The zero-order chi connectivity index (χ0) is 8.39. The zero-order valence-corrected chi connectivity index (χ0v) is 7.58. The normalized spacial score (nSPS) is 31.9. The van der Waals surface area contributed by atoms with Crippen LogP contribution in [0.5, 0.6) is 0 Å². The molecule has 2 atom stereocenters. The van der Waals surface area contributed by atoms with Crippen LogP contribution in [-0.4, -0.2) is 11.2 Å². The standard InChI is InChI=1S/C11H18O/c12-11(8-9-6-7-9)10-4-2-1-3-5-10/h1-2,9-12H,3-8H2. The van der Waals surface area contributed by atoms with Crippen molar-refractivity contribution in [3.8, 4) is 0 Å². The molecule has 0 aliphatic heterocycles. The van der Waals surface area contributed by atoms with Crippen LogP contribution >= 0.6 is 0 Å². The summed E-state index contributed by atoms with van der Waals surface area (Å²) in [4.78, 5) is 0. The Bertz CT molecular complexity index is 170. The summed E-state index contributed by atoms with van der Waals surface area (Å²) >= 11 is 0. The van der Waals surface area contributed by atoms with Gasteiger partial charge in [-0.1, -0.05) is 25.0 Å². The second kappa shape index (κ2) is 3.61. The number of hydrogen-bond donors (Lipinski definition) is 1. The summed E-state index contributed by atoms with van der Waals surface area (Å²) in [6.45, 7) is 0. The molecule has 2 aliphatic carbocycles. The van der Waals surface area contributed by atoms with Gasteiger partial charge in [0, 0.05) is 0 Å². The molecule has 1 fully saturated rings. The molecule has 12 heavy (non-hydrogen) atoms. The van der Waals surface area contributed by atoms with Crippen molar-refractivity contribution in [2.45, 2.75) is 44.6 Å². The Balaban J connectivity index is 1.77. The molecule has 68 valence electrons. The molecule has 0 spiro atoms. The minimum absolute atomic E-state index is 0.0116. The number of hydrogen-bond acceptors (Lipinski definition) is 1. The molecule has 2 aliphatic rings. The lowest BCUT2D eigenvalue weighted by Crippen LogP contribution is -2.21. The Morgan fingerprint density at radius 1 is 1.25 bits per heavy atom. The predicted octanol–water partition coefficient (Wildman–Crippen LogP) is 2.50. The molecule has 0 aromatic rings. The van der Waals surface area contributed by atoms with Gasteiger partial charge in [-0.3, -0.25) is 0 Å². The summed E-state index contributed by atoms with van der Waals surface area (Å²) in [5.74, 6) is 1.43. The van der Waals surface area contributed by atoms with Crippen molar-refractivity contribution in [3.63, 3.8) is 0 Å². The topological polar surface area (TPSA) is 20.2 Å². The third kappa shape index (κ3) is 2.10. The Kier molecular flexibility index (Phi) is 2.50. The van der Waals surface area contributed by atoms with Gasteiger partial charge in [0.25, 0.3) is 0 Å². The maximum absolute atomic E-state index is 9.85. The summed E-state index contributed by atoms with van der Waals surface area (Å²) in [5, 5.41) is 9.85. The van der Waals surface area contributed by atoms with Crippen LogP contribution in [0.4, 0.5) is 0 Å². The van der Waals surface area contributed by atoms with Gasteiger partial charge in [-0.15, -0.1) is 0 Å². The Morgan fingerprint density at radius 3 is 2.67 bits per heavy atom. The lowest BCUT2D eigenvalue weighted by Gasteiger charge is -2.23. The van der Waals surface area contributed by atoms with Crippen LogP contribution in [0, 0.1) is 11.8 Å². The number of rotatable bonds is 3. The van der Waals surface area contributed by atoms with Gasteiger partial charge in [0.05, 0.1) is 6.10 Å². The van der Waals surface area contributed by atoms with Crippen molar-refractivity contribution in [3.05, 3.63) is 12.2 Å². The molecule has 0 amide bonds. The molecule has 0 radical (unpaired) electrons.